The third-order valence-electron chi connectivity index (χ3n) is 4.04. The Balaban J connectivity index is 2.27. The molecule has 0 saturated heterocycles. The van der Waals surface area contributed by atoms with Crippen molar-refractivity contribution in [3.05, 3.63) is 52.7 Å². The zero-order valence-electron chi connectivity index (χ0n) is 13.1. The number of nitrogens with two attached hydrogens (primary N) is 1. The van der Waals surface area contributed by atoms with Crippen molar-refractivity contribution in [2.45, 2.75) is 19.3 Å². The van der Waals surface area contributed by atoms with Gasteiger partial charge in [0.05, 0.1) is 27.5 Å². The van der Waals surface area contributed by atoms with Crippen LogP contribution in [0.1, 0.15) is 28.8 Å². The number of hydrogen-bond acceptors (Lipinski definition) is 3. The second kappa shape index (κ2) is 7.03. The van der Waals surface area contributed by atoms with E-state index in [0.29, 0.717) is 28.9 Å². The summed E-state index contributed by atoms with van der Waals surface area (Å²) in [6, 6.07) is 8.80. The van der Waals surface area contributed by atoms with E-state index in [0.717, 1.165) is 29.8 Å². The Morgan fingerprint density at radius 1 is 1.25 bits per heavy atom. The van der Waals surface area contributed by atoms with Crippen molar-refractivity contribution < 1.29 is 9.90 Å². The van der Waals surface area contributed by atoms with E-state index in [-0.39, 0.29) is 5.56 Å². The lowest BCUT2D eigenvalue weighted by Crippen LogP contribution is -2.01. The predicted octanol–water partition coefficient (Wildman–Crippen LogP) is 3.86. The van der Waals surface area contributed by atoms with Gasteiger partial charge in [-0.15, -0.1) is 0 Å². The SMILES string of the molecule is NCCCCc1c(-c2ccccn2)[nH]c2c(Cl)ccc(C(=O)O)c12. The fraction of sp³-hybridized carbons (Fsp3) is 0.222. The fourth-order valence-corrected chi connectivity index (χ4v) is 3.15. The molecule has 0 radical (unpaired) electrons. The molecule has 2 heterocycles. The standard InChI is InChI=1S/C18H18ClN3O2/c19-13-8-7-12(18(23)24)15-11(5-1-3-9-20)16(22-17(13)15)14-6-2-4-10-21-14/h2,4,6-8,10,22H,1,3,5,9,20H2,(H,23,24). The third-order valence-corrected chi connectivity index (χ3v) is 4.36. The van der Waals surface area contributed by atoms with Crippen LogP contribution in [0.3, 0.4) is 0 Å². The number of fused-ring (bicyclic) bond motifs is 1. The summed E-state index contributed by atoms with van der Waals surface area (Å²) in [6.45, 7) is 0.605. The van der Waals surface area contributed by atoms with E-state index >= 15 is 0 Å². The van der Waals surface area contributed by atoms with E-state index in [4.69, 9.17) is 17.3 Å². The Hall–Kier alpha value is -2.37. The number of carboxylic acid groups (broad SMARTS) is 1. The van der Waals surface area contributed by atoms with Gasteiger partial charge in [0, 0.05) is 11.6 Å². The van der Waals surface area contributed by atoms with Crippen LogP contribution in [0.25, 0.3) is 22.3 Å². The summed E-state index contributed by atoms with van der Waals surface area (Å²) in [4.78, 5) is 19.3. The zero-order chi connectivity index (χ0) is 17.1. The smallest absolute Gasteiger partial charge is 0.336 e. The van der Waals surface area contributed by atoms with E-state index in [1.54, 1.807) is 18.3 Å². The summed E-state index contributed by atoms with van der Waals surface area (Å²) in [6.07, 6.45) is 4.17. The van der Waals surface area contributed by atoms with Crippen LogP contribution in [0, 0.1) is 0 Å². The monoisotopic (exact) mass is 343 g/mol. The van der Waals surface area contributed by atoms with Crippen molar-refractivity contribution in [1.29, 1.82) is 0 Å². The largest absolute Gasteiger partial charge is 0.478 e. The number of unbranched alkanes of at least 4 members (excludes halogenated alkanes) is 1. The molecule has 124 valence electrons. The molecule has 0 aliphatic heterocycles. The zero-order valence-corrected chi connectivity index (χ0v) is 13.8. The molecule has 3 aromatic rings. The van der Waals surface area contributed by atoms with Gasteiger partial charge in [-0.2, -0.15) is 0 Å². The van der Waals surface area contributed by atoms with E-state index in [1.807, 2.05) is 18.2 Å². The normalized spacial score (nSPS) is 11.1. The molecule has 4 N–H and O–H groups in total. The van der Waals surface area contributed by atoms with Crippen LogP contribution in [-0.4, -0.2) is 27.6 Å². The molecule has 3 rings (SSSR count). The number of aromatic nitrogens is 2. The third kappa shape index (κ3) is 3.00. The summed E-state index contributed by atoms with van der Waals surface area (Å²) in [5.41, 5.74) is 8.99. The summed E-state index contributed by atoms with van der Waals surface area (Å²) < 4.78 is 0. The molecule has 0 saturated carbocycles. The highest BCUT2D eigenvalue weighted by molar-refractivity contribution is 6.36. The maximum Gasteiger partial charge on any atom is 0.336 e. The molecule has 0 amide bonds. The van der Waals surface area contributed by atoms with Crippen LogP contribution in [0.15, 0.2) is 36.5 Å². The van der Waals surface area contributed by atoms with Gasteiger partial charge in [0.25, 0.3) is 0 Å². The quantitative estimate of drug-likeness (QED) is 0.592. The maximum absolute atomic E-state index is 11.7. The minimum Gasteiger partial charge on any atom is -0.478 e. The molecule has 0 unspecified atom stereocenters. The van der Waals surface area contributed by atoms with Crippen LogP contribution in [0.5, 0.6) is 0 Å². The van der Waals surface area contributed by atoms with Gasteiger partial charge in [-0.3, -0.25) is 4.98 Å². The minimum absolute atomic E-state index is 0.246. The van der Waals surface area contributed by atoms with E-state index in [2.05, 4.69) is 9.97 Å². The van der Waals surface area contributed by atoms with E-state index in [9.17, 15) is 9.90 Å². The number of rotatable bonds is 6. The molecule has 0 bridgehead atoms. The summed E-state index contributed by atoms with van der Waals surface area (Å²) in [5, 5.41) is 10.7. The first kappa shape index (κ1) is 16.5. The van der Waals surface area contributed by atoms with Gasteiger partial charge in [-0.05, 0) is 55.6 Å². The number of pyridine rings is 1. The van der Waals surface area contributed by atoms with Crippen molar-refractivity contribution in [2.75, 3.05) is 6.54 Å². The molecule has 24 heavy (non-hydrogen) atoms. The predicted molar refractivity (Wildman–Crippen MR) is 95.5 cm³/mol. The Bertz CT molecular complexity index is 875. The fourth-order valence-electron chi connectivity index (χ4n) is 2.94. The number of aromatic carboxylic acids is 1. The lowest BCUT2D eigenvalue weighted by Gasteiger charge is -2.06. The molecule has 0 aliphatic carbocycles. The van der Waals surface area contributed by atoms with Gasteiger partial charge in [0.2, 0.25) is 0 Å². The summed E-state index contributed by atoms with van der Waals surface area (Å²) >= 11 is 6.30. The number of benzene rings is 1. The molecule has 0 spiro atoms. The highest BCUT2D eigenvalue weighted by Crippen LogP contribution is 2.36. The number of H-pyrrole nitrogens is 1. The highest BCUT2D eigenvalue weighted by Gasteiger charge is 2.21. The number of aryl methyl sites for hydroxylation is 1. The van der Waals surface area contributed by atoms with Crippen LogP contribution in [-0.2, 0) is 6.42 Å². The van der Waals surface area contributed by atoms with Crippen LogP contribution >= 0.6 is 11.6 Å². The summed E-state index contributed by atoms with van der Waals surface area (Å²) in [5.74, 6) is -0.969. The molecule has 0 fully saturated rings. The number of carbonyl (C=O) groups is 1. The lowest BCUT2D eigenvalue weighted by molar-refractivity contribution is 0.0699. The molecule has 2 aromatic heterocycles. The minimum atomic E-state index is -0.969. The van der Waals surface area contributed by atoms with Crippen molar-refractivity contribution in [3.63, 3.8) is 0 Å². The van der Waals surface area contributed by atoms with E-state index < -0.39 is 5.97 Å². The van der Waals surface area contributed by atoms with Gasteiger partial charge in [0.15, 0.2) is 0 Å². The van der Waals surface area contributed by atoms with Crippen LogP contribution in [0.2, 0.25) is 5.02 Å². The highest BCUT2D eigenvalue weighted by atomic mass is 35.5. The Morgan fingerprint density at radius 3 is 2.75 bits per heavy atom. The van der Waals surface area contributed by atoms with Crippen LogP contribution in [0.4, 0.5) is 0 Å². The Labute approximate surface area is 144 Å². The first-order chi connectivity index (χ1) is 11.6. The number of nitrogens with one attached hydrogen (secondary N) is 1. The average Bonchev–Trinajstić information content (AvgIpc) is 2.96. The summed E-state index contributed by atoms with van der Waals surface area (Å²) in [7, 11) is 0. The molecule has 6 heteroatoms. The Kier molecular flexibility index (Phi) is 4.83. The molecular formula is C18H18ClN3O2. The maximum atomic E-state index is 11.7. The van der Waals surface area contributed by atoms with Crippen molar-refractivity contribution in [1.82, 2.24) is 9.97 Å². The molecule has 1 aromatic carbocycles. The topological polar surface area (TPSA) is 92.0 Å². The van der Waals surface area contributed by atoms with Gasteiger partial charge in [-0.1, -0.05) is 17.7 Å². The number of aromatic amines is 1. The molecular weight excluding hydrogens is 326 g/mol. The number of nitrogens with zero attached hydrogens (tertiary/aromatic N) is 1. The average molecular weight is 344 g/mol. The lowest BCUT2D eigenvalue weighted by atomic mass is 9.99. The van der Waals surface area contributed by atoms with Gasteiger partial charge in [0.1, 0.15) is 0 Å². The number of carboxylic acids is 1. The number of hydrogen-bond donors (Lipinski definition) is 3. The van der Waals surface area contributed by atoms with E-state index in [1.165, 1.54) is 0 Å². The molecule has 0 atom stereocenters. The van der Waals surface area contributed by atoms with Gasteiger partial charge < -0.3 is 15.8 Å². The van der Waals surface area contributed by atoms with Crippen molar-refractivity contribution in [3.8, 4) is 11.4 Å². The van der Waals surface area contributed by atoms with Crippen molar-refractivity contribution in [2.24, 2.45) is 5.73 Å². The molecule has 0 aliphatic rings. The van der Waals surface area contributed by atoms with Gasteiger partial charge in [-0.25, -0.2) is 4.79 Å². The second-order valence-electron chi connectivity index (χ2n) is 5.59. The molecule has 5 nitrogen and oxygen atoms in total. The van der Waals surface area contributed by atoms with Gasteiger partial charge >= 0.3 is 5.97 Å². The Morgan fingerprint density at radius 2 is 2.08 bits per heavy atom. The number of halogens is 1. The first-order valence-corrected chi connectivity index (χ1v) is 8.19. The van der Waals surface area contributed by atoms with Crippen molar-refractivity contribution >= 4 is 28.5 Å². The second-order valence-corrected chi connectivity index (χ2v) is 6.00. The van der Waals surface area contributed by atoms with Crippen LogP contribution < -0.4 is 5.73 Å². The first-order valence-electron chi connectivity index (χ1n) is 7.81.